The van der Waals surface area contributed by atoms with Gasteiger partial charge in [-0.05, 0) is 16.7 Å². The highest BCUT2D eigenvalue weighted by atomic mass is 31.3. The molecule has 2 fully saturated rings. The van der Waals surface area contributed by atoms with Crippen LogP contribution < -0.4 is 20.9 Å². The number of amides is 1. The summed E-state index contributed by atoms with van der Waals surface area (Å²) >= 11 is 0. The minimum Gasteiger partial charge on any atom is -0.756 e. The zero-order chi connectivity index (χ0) is 34.3. The molecule has 1 aliphatic heterocycles. The number of ether oxygens (including phenoxy) is 1. The van der Waals surface area contributed by atoms with Crippen LogP contribution in [-0.4, -0.2) is 94.5 Å². The molecule has 10 atom stereocenters. The van der Waals surface area contributed by atoms with E-state index < -0.39 is 83.5 Å². The lowest BCUT2D eigenvalue weighted by Gasteiger charge is -2.27. The van der Waals surface area contributed by atoms with Gasteiger partial charge in [0, 0.05) is 23.3 Å². The number of nitrogen functional groups attached to an aromatic ring is 1. The van der Waals surface area contributed by atoms with E-state index in [0.29, 0.717) is 0 Å². The number of rotatable bonds is 12. The van der Waals surface area contributed by atoms with Gasteiger partial charge in [-0.25, -0.2) is 23.8 Å². The van der Waals surface area contributed by atoms with Crippen LogP contribution in [0.2, 0.25) is 0 Å². The van der Waals surface area contributed by atoms with Gasteiger partial charge >= 0.3 is 7.82 Å². The predicted octanol–water partition coefficient (Wildman–Crippen LogP) is -2.04. The topological polar surface area (TPSA) is 361 Å². The minimum atomic E-state index is -5.60. The Morgan fingerprint density at radius 3 is 2.64 bits per heavy atom. The summed E-state index contributed by atoms with van der Waals surface area (Å²) in [6.07, 6.45) is -5.70. The van der Waals surface area contributed by atoms with Crippen molar-refractivity contribution in [3.05, 3.63) is 46.9 Å². The van der Waals surface area contributed by atoms with Crippen molar-refractivity contribution in [2.45, 2.75) is 49.2 Å². The molecular formula is C22H28N10O13P2. The van der Waals surface area contributed by atoms with Crippen LogP contribution in [0.15, 0.2) is 36.0 Å². The number of aliphatic hydroxyl groups excluding tert-OH is 4. The highest BCUT2D eigenvalue weighted by Gasteiger charge is 2.48. The molecule has 1 saturated carbocycles. The van der Waals surface area contributed by atoms with Gasteiger partial charge in [0.25, 0.3) is 13.7 Å². The number of pyridine rings is 1. The Morgan fingerprint density at radius 1 is 1.19 bits per heavy atom. The highest BCUT2D eigenvalue weighted by Crippen LogP contribution is 2.58. The number of carbonyl (C=O) groups excluding carboxylic acids is 1. The first-order valence-corrected chi connectivity index (χ1v) is 16.4. The quantitative estimate of drug-likeness (QED) is 0.0351. The van der Waals surface area contributed by atoms with Crippen molar-refractivity contribution in [2.75, 3.05) is 18.9 Å². The molecule has 3 aromatic heterocycles. The number of aromatic nitrogens is 5. The normalized spacial score (nSPS) is 30.1. The van der Waals surface area contributed by atoms with E-state index in [-0.39, 0.29) is 34.9 Å². The van der Waals surface area contributed by atoms with Crippen molar-refractivity contribution in [3.63, 3.8) is 0 Å². The van der Waals surface area contributed by atoms with Crippen molar-refractivity contribution < 1.29 is 66.8 Å². The van der Waals surface area contributed by atoms with Crippen LogP contribution in [-0.2, 0) is 27.2 Å². The number of primary amides is 1. The maximum absolute atomic E-state index is 12.5. The van der Waals surface area contributed by atoms with Crippen LogP contribution >= 0.6 is 15.6 Å². The molecule has 4 heterocycles. The number of hydrogen-bond donors (Lipinski definition) is 7. The zero-order valence-corrected chi connectivity index (χ0v) is 25.5. The van der Waals surface area contributed by atoms with Crippen LogP contribution in [0.3, 0.4) is 0 Å². The molecular weight excluding hydrogens is 674 g/mol. The summed E-state index contributed by atoms with van der Waals surface area (Å²) in [5.74, 6) is -2.22. The van der Waals surface area contributed by atoms with Crippen molar-refractivity contribution in [3.8, 4) is 0 Å². The van der Waals surface area contributed by atoms with Crippen LogP contribution in [0.5, 0.6) is 0 Å². The van der Waals surface area contributed by atoms with Crippen LogP contribution in [0.25, 0.3) is 21.6 Å². The van der Waals surface area contributed by atoms with Crippen molar-refractivity contribution in [2.24, 2.45) is 16.8 Å². The fourth-order valence-electron chi connectivity index (χ4n) is 5.27. The first kappa shape index (κ1) is 34.7. The molecule has 2 aliphatic rings. The Bertz CT molecular complexity index is 1810. The molecule has 254 valence electrons. The third kappa shape index (κ3) is 7.27. The second kappa shape index (κ2) is 13.5. The molecule has 47 heavy (non-hydrogen) atoms. The van der Waals surface area contributed by atoms with Gasteiger partial charge in [-0.1, -0.05) is 0 Å². The number of fused-ring (bicyclic) bond motifs is 1. The molecule has 1 amide bonds. The minimum absolute atomic E-state index is 0.0226. The lowest BCUT2D eigenvalue weighted by Crippen LogP contribution is -2.45. The SMILES string of the molecule is [N-]=[N+]=Nc1nc2c(N)ncnc2n1[C@@H]1O[C@H](COP(=O)(O)OP(=O)([O-])OC[C@H]2C[C@@H]([n+]3cccc(C(N)=O)c3)[C@H](O)[C@@H]2O)[C@@H](O)[C@H]1O. The average Bonchev–Trinajstić information content (AvgIpc) is 3.62. The number of aliphatic hydroxyl groups is 4. The fourth-order valence-corrected chi connectivity index (χ4v) is 7.37. The maximum Gasteiger partial charge on any atom is 0.478 e. The number of carbonyl (C=O) groups is 1. The molecule has 9 N–H and O–H groups in total. The molecule has 0 bridgehead atoms. The number of phosphoric acid groups is 2. The van der Waals surface area contributed by atoms with E-state index in [1.54, 1.807) is 0 Å². The van der Waals surface area contributed by atoms with E-state index in [1.807, 2.05) is 0 Å². The fraction of sp³-hybridized carbons (Fsp3) is 0.500. The van der Waals surface area contributed by atoms with Gasteiger partial charge in [0.2, 0.25) is 5.95 Å². The number of anilines is 1. The summed E-state index contributed by atoms with van der Waals surface area (Å²) in [5, 5.41) is 45.6. The molecule has 1 aliphatic carbocycles. The molecule has 3 aromatic rings. The van der Waals surface area contributed by atoms with E-state index in [0.717, 1.165) is 10.9 Å². The number of azide groups is 1. The van der Waals surface area contributed by atoms with Gasteiger partial charge in [-0.2, -0.15) is 4.57 Å². The smallest absolute Gasteiger partial charge is 0.478 e. The number of phosphoric ester groups is 2. The Hall–Kier alpha value is -3.66. The van der Waals surface area contributed by atoms with Crippen molar-refractivity contribution >= 4 is 44.5 Å². The Kier molecular flexibility index (Phi) is 9.92. The van der Waals surface area contributed by atoms with Crippen LogP contribution in [0, 0.1) is 5.92 Å². The van der Waals surface area contributed by atoms with Gasteiger partial charge in [0.15, 0.2) is 41.6 Å². The third-order valence-electron chi connectivity index (χ3n) is 7.53. The molecule has 25 heteroatoms. The van der Waals surface area contributed by atoms with E-state index in [9.17, 15) is 44.1 Å². The lowest BCUT2D eigenvalue weighted by atomic mass is 10.1. The second-order valence-corrected chi connectivity index (χ2v) is 13.5. The van der Waals surface area contributed by atoms with Crippen LogP contribution in [0.1, 0.15) is 29.0 Å². The van der Waals surface area contributed by atoms with E-state index in [1.165, 1.54) is 29.1 Å². The number of imidazole rings is 1. The molecule has 0 radical (unpaired) electrons. The Morgan fingerprint density at radius 2 is 1.94 bits per heavy atom. The molecule has 0 aromatic carbocycles. The van der Waals surface area contributed by atoms with Gasteiger partial charge in [-0.3, -0.25) is 18.5 Å². The summed E-state index contributed by atoms with van der Waals surface area (Å²) in [6, 6.07) is 2.12. The van der Waals surface area contributed by atoms with Crippen molar-refractivity contribution in [1.29, 1.82) is 0 Å². The second-order valence-electron chi connectivity index (χ2n) is 10.5. The number of nitrogens with zero attached hydrogens (tertiary/aromatic N) is 8. The largest absolute Gasteiger partial charge is 0.756 e. The Labute approximate surface area is 262 Å². The maximum atomic E-state index is 12.5. The molecule has 1 saturated heterocycles. The number of nitrogens with two attached hydrogens (primary N) is 2. The van der Waals surface area contributed by atoms with E-state index in [4.69, 9.17) is 30.8 Å². The van der Waals surface area contributed by atoms with Crippen LogP contribution in [0.4, 0.5) is 11.8 Å². The lowest BCUT2D eigenvalue weighted by molar-refractivity contribution is -0.728. The summed E-state index contributed by atoms with van der Waals surface area (Å²) in [6.45, 7) is -1.77. The van der Waals surface area contributed by atoms with Gasteiger partial charge in [0.1, 0.15) is 36.3 Å². The van der Waals surface area contributed by atoms with E-state index in [2.05, 4.69) is 29.3 Å². The van der Waals surface area contributed by atoms with Crippen molar-refractivity contribution in [1.82, 2.24) is 19.5 Å². The Balaban J connectivity index is 1.20. The van der Waals surface area contributed by atoms with Gasteiger partial charge in [0.05, 0.1) is 19.3 Å². The summed E-state index contributed by atoms with van der Waals surface area (Å²) in [7, 11) is -11.1. The molecule has 0 spiro atoms. The molecule has 5 rings (SSSR count). The first-order chi connectivity index (χ1) is 22.1. The number of hydrogen-bond acceptors (Lipinski definition) is 17. The van der Waals surface area contributed by atoms with Gasteiger partial charge < -0.3 is 50.9 Å². The zero-order valence-electron chi connectivity index (χ0n) is 23.8. The summed E-state index contributed by atoms with van der Waals surface area (Å²) < 4.78 is 46.5. The first-order valence-electron chi connectivity index (χ1n) is 13.5. The standard InChI is InChI=1S/C22H28N10O13P2/c23-18-13-20(27-8-26-18)32(22(28-13)29-30-25)21-17(36)16(35)12(44-21)7-43-47(40,41)45-46(38,39)42-6-10-4-11(15(34)14(10)33)31-3-1-2-9(5-31)19(24)37/h1-3,5,8,10-12,14-17,21,33-36H,4,6-7H2,(H5-,23,24,26,27,37,38,39,40,41)/t10-,11-,12-,14-,15+,16-,17-,21-/m1/s1. The molecule has 23 nitrogen and oxygen atoms in total. The highest BCUT2D eigenvalue weighted by molar-refractivity contribution is 7.60. The monoisotopic (exact) mass is 702 g/mol. The van der Waals surface area contributed by atoms with E-state index >= 15 is 0 Å². The third-order valence-corrected chi connectivity index (χ3v) is 10.1. The molecule has 2 unspecified atom stereocenters. The predicted molar refractivity (Wildman–Crippen MR) is 149 cm³/mol. The van der Waals surface area contributed by atoms with Gasteiger partial charge in [-0.15, -0.1) is 0 Å². The summed E-state index contributed by atoms with van der Waals surface area (Å²) in [4.78, 5) is 48.3. The average molecular weight is 702 g/mol. The summed E-state index contributed by atoms with van der Waals surface area (Å²) in [5.41, 5.74) is 20.0.